The number of fused-ring (bicyclic) bond motifs is 1. The van der Waals surface area contributed by atoms with Crippen molar-refractivity contribution in [2.75, 3.05) is 11.9 Å². The second kappa shape index (κ2) is 6.51. The van der Waals surface area contributed by atoms with Crippen molar-refractivity contribution in [3.8, 4) is 0 Å². The van der Waals surface area contributed by atoms with Crippen molar-refractivity contribution in [1.82, 2.24) is 14.8 Å². The summed E-state index contributed by atoms with van der Waals surface area (Å²) in [6.45, 7) is 0.514. The molecule has 1 unspecified atom stereocenters. The molecule has 1 aliphatic rings. The van der Waals surface area contributed by atoms with Crippen LogP contribution in [-0.4, -0.2) is 31.4 Å². The average molecular weight is 338 g/mol. The maximum atomic E-state index is 10.7. The van der Waals surface area contributed by atoms with Gasteiger partial charge >= 0.3 is 0 Å². The molecule has 0 aliphatic heterocycles. The van der Waals surface area contributed by atoms with Crippen molar-refractivity contribution in [2.45, 2.75) is 31.8 Å². The van der Waals surface area contributed by atoms with Gasteiger partial charge in [0, 0.05) is 17.3 Å². The number of nitrogens with one attached hydrogen (secondary N) is 1. The number of pyridine rings is 1. The van der Waals surface area contributed by atoms with Gasteiger partial charge in [0.25, 0.3) is 5.69 Å². The van der Waals surface area contributed by atoms with Gasteiger partial charge in [0.05, 0.1) is 35.3 Å². The fraction of sp³-hybridized carbons (Fsp3) is 0.429. The van der Waals surface area contributed by atoms with Crippen LogP contribution in [0.2, 0.25) is 5.02 Å². The van der Waals surface area contributed by atoms with E-state index in [1.54, 1.807) is 6.20 Å². The molecule has 0 saturated heterocycles. The Morgan fingerprint density at radius 3 is 3.04 bits per heavy atom. The van der Waals surface area contributed by atoms with Gasteiger partial charge in [0.2, 0.25) is 0 Å². The van der Waals surface area contributed by atoms with Crippen LogP contribution in [0.5, 0.6) is 0 Å². The highest BCUT2D eigenvalue weighted by molar-refractivity contribution is 6.33. The molecule has 2 heterocycles. The average Bonchev–Trinajstić information content (AvgIpc) is 2.94. The van der Waals surface area contributed by atoms with Crippen LogP contribution >= 0.6 is 11.6 Å². The van der Waals surface area contributed by atoms with Gasteiger partial charge in [-0.1, -0.05) is 11.6 Å². The van der Waals surface area contributed by atoms with Crippen molar-refractivity contribution < 1.29 is 10.0 Å². The predicted octanol–water partition coefficient (Wildman–Crippen LogP) is 2.32. The Hall–Kier alpha value is -2.19. The van der Waals surface area contributed by atoms with Gasteiger partial charge < -0.3 is 10.4 Å². The predicted molar refractivity (Wildman–Crippen MR) is 84.5 cm³/mol. The minimum atomic E-state index is -0.527. The van der Waals surface area contributed by atoms with E-state index in [1.807, 2.05) is 4.68 Å². The van der Waals surface area contributed by atoms with E-state index in [0.29, 0.717) is 12.4 Å². The van der Waals surface area contributed by atoms with Crippen LogP contribution in [0.4, 0.5) is 11.5 Å². The van der Waals surface area contributed by atoms with Crippen LogP contribution in [0.25, 0.3) is 0 Å². The summed E-state index contributed by atoms with van der Waals surface area (Å²) in [6.07, 6.45) is 5.77. The number of aliphatic hydroxyl groups excluding tert-OH is 1. The Bertz CT molecular complexity index is 733. The quantitative estimate of drug-likeness (QED) is 0.640. The molecule has 0 fully saturated rings. The third-order valence-electron chi connectivity index (χ3n) is 3.92. The van der Waals surface area contributed by atoms with E-state index < -0.39 is 4.92 Å². The highest BCUT2D eigenvalue weighted by Crippen LogP contribution is 2.34. The van der Waals surface area contributed by atoms with E-state index in [-0.39, 0.29) is 23.4 Å². The lowest BCUT2D eigenvalue weighted by Gasteiger charge is -2.25. The van der Waals surface area contributed by atoms with Crippen molar-refractivity contribution in [1.29, 1.82) is 0 Å². The second-order valence-corrected chi connectivity index (χ2v) is 5.77. The SMILES string of the molecule is O=[N+]([O-])c1cnc(NC2CCCc3c2cnn3CCO)c(Cl)c1. The summed E-state index contributed by atoms with van der Waals surface area (Å²) in [4.78, 5) is 14.3. The first-order valence-corrected chi connectivity index (χ1v) is 7.70. The molecule has 0 bridgehead atoms. The standard InChI is InChI=1S/C14H16ClN5O3/c15-11-6-9(20(22)23)7-16-14(11)18-12-2-1-3-13-10(12)8-17-19(13)4-5-21/h6-8,12,21H,1-5H2,(H,16,18). The van der Waals surface area contributed by atoms with Crippen molar-refractivity contribution >= 4 is 23.1 Å². The summed E-state index contributed by atoms with van der Waals surface area (Å²) in [6, 6.07) is 1.29. The lowest BCUT2D eigenvalue weighted by Crippen LogP contribution is -2.19. The minimum Gasteiger partial charge on any atom is -0.394 e. The normalized spacial score (nSPS) is 16.9. The Labute approximate surface area is 137 Å². The maximum absolute atomic E-state index is 10.7. The van der Waals surface area contributed by atoms with Gasteiger partial charge in [-0.15, -0.1) is 0 Å². The summed E-state index contributed by atoms with van der Waals surface area (Å²) in [5, 5.41) is 27.6. The fourth-order valence-corrected chi connectivity index (χ4v) is 3.07. The molecule has 9 heteroatoms. The van der Waals surface area contributed by atoms with Gasteiger partial charge in [-0.05, 0) is 19.3 Å². The first-order chi connectivity index (χ1) is 11.1. The number of aromatic nitrogens is 3. The molecule has 0 radical (unpaired) electrons. The monoisotopic (exact) mass is 337 g/mol. The third kappa shape index (κ3) is 3.13. The molecule has 2 aromatic rings. The number of halogens is 1. The molecule has 23 heavy (non-hydrogen) atoms. The van der Waals surface area contributed by atoms with E-state index >= 15 is 0 Å². The molecular weight excluding hydrogens is 322 g/mol. The molecule has 0 saturated carbocycles. The molecule has 2 aromatic heterocycles. The van der Waals surface area contributed by atoms with E-state index in [1.165, 1.54) is 12.3 Å². The van der Waals surface area contributed by atoms with Crippen LogP contribution in [0.3, 0.4) is 0 Å². The zero-order chi connectivity index (χ0) is 16.4. The lowest BCUT2D eigenvalue weighted by atomic mass is 9.93. The van der Waals surface area contributed by atoms with Crippen LogP contribution in [0, 0.1) is 10.1 Å². The maximum Gasteiger partial charge on any atom is 0.289 e. The van der Waals surface area contributed by atoms with E-state index in [9.17, 15) is 10.1 Å². The zero-order valence-electron chi connectivity index (χ0n) is 12.3. The van der Waals surface area contributed by atoms with Gasteiger partial charge in [-0.2, -0.15) is 5.10 Å². The molecule has 3 rings (SSSR count). The van der Waals surface area contributed by atoms with Crippen LogP contribution in [0.15, 0.2) is 18.5 Å². The molecular formula is C14H16ClN5O3. The number of aliphatic hydroxyl groups is 1. The summed E-state index contributed by atoms with van der Waals surface area (Å²) >= 11 is 6.09. The Morgan fingerprint density at radius 1 is 1.52 bits per heavy atom. The molecule has 0 amide bonds. The zero-order valence-corrected chi connectivity index (χ0v) is 13.0. The molecule has 0 spiro atoms. The smallest absolute Gasteiger partial charge is 0.289 e. The molecule has 1 atom stereocenters. The first-order valence-electron chi connectivity index (χ1n) is 7.32. The molecule has 0 aromatic carbocycles. The highest BCUT2D eigenvalue weighted by Gasteiger charge is 2.25. The summed E-state index contributed by atoms with van der Waals surface area (Å²) < 4.78 is 1.81. The van der Waals surface area contributed by atoms with E-state index in [0.717, 1.165) is 30.5 Å². The van der Waals surface area contributed by atoms with Crippen LogP contribution in [-0.2, 0) is 13.0 Å². The fourth-order valence-electron chi connectivity index (χ4n) is 2.85. The molecule has 2 N–H and O–H groups in total. The number of hydrogen-bond acceptors (Lipinski definition) is 6. The Balaban J connectivity index is 1.84. The Morgan fingerprint density at radius 2 is 2.35 bits per heavy atom. The topological polar surface area (TPSA) is 106 Å². The summed E-state index contributed by atoms with van der Waals surface area (Å²) in [5.41, 5.74) is 2.02. The Kier molecular flexibility index (Phi) is 4.44. The number of nitro groups is 1. The third-order valence-corrected chi connectivity index (χ3v) is 4.21. The second-order valence-electron chi connectivity index (χ2n) is 5.36. The van der Waals surface area contributed by atoms with Crippen LogP contribution < -0.4 is 5.32 Å². The number of nitrogens with zero attached hydrogens (tertiary/aromatic N) is 4. The number of hydrogen-bond donors (Lipinski definition) is 2. The summed E-state index contributed by atoms with van der Waals surface area (Å²) in [7, 11) is 0. The van der Waals surface area contributed by atoms with Gasteiger partial charge in [-0.25, -0.2) is 4.98 Å². The van der Waals surface area contributed by atoms with Crippen molar-refractivity contribution in [2.24, 2.45) is 0 Å². The van der Waals surface area contributed by atoms with Gasteiger partial charge in [0.15, 0.2) is 0 Å². The molecule has 122 valence electrons. The molecule has 8 nitrogen and oxygen atoms in total. The minimum absolute atomic E-state index is 0.00218. The number of anilines is 1. The first kappa shape index (κ1) is 15.7. The van der Waals surface area contributed by atoms with E-state index in [2.05, 4.69) is 15.4 Å². The molecule has 1 aliphatic carbocycles. The van der Waals surface area contributed by atoms with E-state index in [4.69, 9.17) is 16.7 Å². The van der Waals surface area contributed by atoms with Crippen LogP contribution in [0.1, 0.15) is 30.1 Å². The van der Waals surface area contributed by atoms with Gasteiger partial charge in [0.1, 0.15) is 12.0 Å². The van der Waals surface area contributed by atoms with Crippen molar-refractivity contribution in [3.63, 3.8) is 0 Å². The van der Waals surface area contributed by atoms with Gasteiger partial charge in [-0.3, -0.25) is 14.8 Å². The highest BCUT2D eigenvalue weighted by atomic mass is 35.5. The summed E-state index contributed by atoms with van der Waals surface area (Å²) in [5.74, 6) is 0.421. The number of rotatable bonds is 5. The van der Waals surface area contributed by atoms with Crippen molar-refractivity contribution in [3.05, 3.63) is 44.9 Å². The largest absolute Gasteiger partial charge is 0.394 e. The lowest BCUT2D eigenvalue weighted by molar-refractivity contribution is -0.385.